The van der Waals surface area contributed by atoms with E-state index in [2.05, 4.69) is 15.5 Å². The smallest absolute Gasteiger partial charge is 0.271 e. The van der Waals surface area contributed by atoms with Crippen molar-refractivity contribution in [3.63, 3.8) is 0 Å². The van der Waals surface area contributed by atoms with Crippen LogP contribution in [0.25, 0.3) is 0 Å². The zero-order chi connectivity index (χ0) is 12.3. The van der Waals surface area contributed by atoms with Crippen molar-refractivity contribution in [3.05, 3.63) is 17.8 Å². The predicted octanol–water partition coefficient (Wildman–Crippen LogP) is 0.00550. The predicted molar refractivity (Wildman–Crippen MR) is 61.9 cm³/mol. The summed E-state index contributed by atoms with van der Waals surface area (Å²) in [6, 6.07) is 3.39. The number of hydrogen-bond acceptors (Lipinski definition) is 5. The lowest BCUT2D eigenvalue weighted by atomic mass is 10.1. The standard InChI is InChI=1S/C11H14N4O2/c1-12-11(17)9-2-3-10(14-13-9)15-6-4-8(16)5-7-15/h2-3H,4-7H2,1H3,(H,12,17). The Morgan fingerprint density at radius 1 is 1.29 bits per heavy atom. The molecule has 0 saturated carbocycles. The lowest BCUT2D eigenvalue weighted by molar-refractivity contribution is -0.119. The van der Waals surface area contributed by atoms with Gasteiger partial charge in [-0.2, -0.15) is 0 Å². The van der Waals surface area contributed by atoms with E-state index in [-0.39, 0.29) is 11.7 Å². The van der Waals surface area contributed by atoms with Gasteiger partial charge in [0.15, 0.2) is 11.5 Å². The summed E-state index contributed by atoms with van der Waals surface area (Å²) >= 11 is 0. The summed E-state index contributed by atoms with van der Waals surface area (Å²) < 4.78 is 0. The lowest BCUT2D eigenvalue weighted by Crippen LogP contribution is -2.34. The first-order valence-corrected chi connectivity index (χ1v) is 5.53. The highest BCUT2D eigenvalue weighted by molar-refractivity contribution is 5.91. The maximum absolute atomic E-state index is 11.3. The number of piperidine rings is 1. The Hall–Kier alpha value is -1.98. The number of Topliss-reactive ketones (excluding diaryl/α,β-unsaturated/α-hetero) is 1. The molecule has 1 aromatic rings. The van der Waals surface area contributed by atoms with Crippen LogP contribution in [0, 0.1) is 0 Å². The summed E-state index contributed by atoms with van der Waals surface area (Å²) in [7, 11) is 1.55. The van der Waals surface area contributed by atoms with Crippen molar-refractivity contribution in [3.8, 4) is 0 Å². The van der Waals surface area contributed by atoms with Gasteiger partial charge < -0.3 is 10.2 Å². The molecule has 1 aliphatic rings. The molecular weight excluding hydrogens is 220 g/mol. The molecule has 0 aromatic carbocycles. The molecule has 0 atom stereocenters. The first-order chi connectivity index (χ1) is 8.20. The average molecular weight is 234 g/mol. The SMILES string of the molecule is CNC(=O)c1ccc(N2CCC(=O)CC2)nn1. The van der Waals surface area contributed by atoms with Crippen LogP contribution in [-0.2, 0) is 4.79 Å². The fraction of sp³-hybridized carbons (Fsp3) is 0.455. The molecule has 1 aliphatic heterocycles. The van der Waals surface area contributed by atoms with Gasteiger partial charge in [0, 0.05) is 33.0 Å². The van der Waals surface area contributed by atoms with E-state index >= 15 is 0 Å². The number of hydrogen-bond donors (Lipinski definition) is 1. The molecule has 1 aromatic heterocycles. The van der Waals surface area contributed by atoms with E-state index in [4.69, 9.17) is 0 Å². The number of nitrogens with one attached hydrogen (secondary N) is 1. The van der Waals surface area contributed by atoms with Gasteiger partial charge in [-0.1, -0.05) is 0 Å². The molecule has 0 unspecified atom stereocenters. The number of anilines is 1. The summed E-state index contributed by atoms with van der Waals surface area (Å²) in [5.74, 6) is 0.749. The van der Waals surface area contributed by atoms with Crippen molar-refractivity contribution in [2.75, 3.05) is 25.0 Å². The highest BCUT2D eigenvalue weighted by Crippen LogP contribution is 2.14. The van der Waals surface area contributed by atoms with Gasteiger partial charge in [0.1, 0.15) is 5.78 Å². The summed E-state index contributed by atoms with van der Waals surface area (Å²) in [6.07, 6.45) is 1.11. The van der Waals surface area contributed by atoms with Crippen molar-refractivity contribution in [1.82, 2.24) is 15.5 Å². The molecule has 1 saturated heterocycles. The molecule has 1 N–H and O–H groups in total. The van der Waals surface area contributed by atoms with E-state index in [1.807, 2.05) is 4.90 Å². The second kappa shape index (κ2) is 4.90. The van der Waals surface area contributed by atoms with Crippen LogP contribution in [0.15, 0.2) is 12.1 Å². The molecule has 2 heterocycles. The first kappa shape index (κ1) is 11.5. The van der Waals surface area contributed by atoms with Crippen LogP contribution in [0.3, 0.4) is 0 Å². The number of aromatic nitrogens is 2. The zero-order valence-electron chi connectivity index (χ0n) is 9.64. The minimum Gasteiger partial charge on any atom is -0.354 e. The Balaban J connectivity index is 2.07. The van der Waals surface area contributed by atoms with E-state index in [9.17, 15) is 9.59 Å². The minimum atomic E-state index is -0.252. The number of ketones is 1. The van der Waals surface area contributed by atoms with Crippen LogP contribution >= 0.6 is 0 Å². The van der Waals surface area contributed by atoms with Crippen LogP contribution in [-0.4, -0.2) is 42.0 Å². The molecule has 6 heteroatoms. The third-order valence-corrected chi connectivity index (χ3v) is 2.76. The highest BCUT2D eigenvalue weighted by atomic mass is 16.1. The fourth-order valence-corrected chi connectivity index (χ4v) is 1.73. The van der Waals surface area contributed by atoms with Crippen molar-refractivity contribution in [2.24, 2.45) is 0 Å². The molecule has 0 radical (unpaired) electrons. The second-order valence-electron chi connectivity index (χ2n) is 3.88. The Labute approximate surface area is 99.0 Å². The molecule has 1 amide bonds. The molecule has 0 spiro atoms. The molecule has 2 rings (SSSR count). The maximum Gasteiger partial charge on any atom is 0.271 e. The van der Waals surface area contributed by atoms with Gasteiger partial charge in [-0.25, -0.2) is 0 Å². The third kappa shape index (κ3) is 2.58. The third-order valence-electron chi connectivity index (χ3n) is 2.76. The van der Waals surface area contributed by atoms with Gasteiger partial charge >= 0.3 is 0 Å². The van der Waals surface area contributed by atoms with Crippen molar-refractivity contribution >= 4 is 17.5 Å². The fourth-order valence-electron chi connectivity index (χ4n) is 1.73. The number of carbonyl (C=O) groups excluding carboxylic acids is 2. The monoisotopic (exact) mass is 234 g/mol. The molecule has 6 nitrogen and oxygen atoms in total. The van der Waals surface area contributed by atoms with Crippen molar-refractivity contribution < 1.29 is 9.59 Å². The van der Waals surface area contributed by atoms with Crippen LogP contribution in [0.5, 0.6) is 0 Å². The van der Waals surface area contributed by atoms with E-state index in [0.29, 0.717) is 37.4 Å². The van der Waals surface area contributed by atoms with Crippen LogP contribution < -0.4 is 10.2 Å². The normalized spacial score (nSPS) is 15.8. The molecule has 1 fully saturated rings. The molecular formula is C11H14N4O2. The van der Waals surface area contributed by atoms with Gasteiger partial charge in [-0.15, -0.1) is 10.2 Å². The van der Waals surface area contributed by atoms with Crippen LogP contribution in [0.1, 0.15) is 23.3 Å². The van der Waals surface area contributed by atoms with E-state index in [1.165, 1.54) is 0 Å². The topological polar surface area (TPSA) is 75.2 Å². The minimum absolute atomic E-state index is 0.252. The first-order valence-electron chi connectivity index (χ1n) is 5.53. The average Bonchev–Trinajstić information content (AvgIpc) is 2.39. The van der Waals surface area contributed by atoms with Gasteiger partial charge in [0.2, 0.25) is 0 Å². The van der Waals surface area contributed by atoms with E-state index in [1.54, 1.807) is 19.2 Å². The molecule has 17 heavy (non-hydrogen) atoms. The van der Waals surface area contributed by atoms with Crippen LogP contribution in [0.2, 0.25) is 0 Å². The van der Waals surface area contributed by atoms with Crippen molar-refractivity contribution in [2.45, 2.75) is 12.8 Å². The summed E-state index contributed by atoms with van der Waals surface area (Å²) in [6.45, 7) is 1.35. The molecule has 0 aliphatic carbocycles. The van der Waals surface area contributed by atoms with Gasteiger partial charge in [0.05, 0.1) is 0 Å². The maximum atomic E-state index is 11.3. The summed E-state index contributed by atoms with van der Waals surface area (Å²) in [5.41, 5.74) is 0.296. The Kier molecular flexibility index (Phi) is 3.32. The van der Waals surface area contributed by atoms with E-state index in [0.717, 1.165) is 0 Å². The Morgan fingerprint density at radius 3 is 2.53 bits per heavy atom. The quantitative estimate of drug-likeness (QED) is 0.780. The van der Waals surface area contributed by atoms with Gasteiger partial charge in [0.25, 0.3) is 5.91 Å². The number of amides is 1. The van der Waals surface area contributed by atoms with E-state index < -0.39 is 0 Å². The van der Waals surface area contributed by atoms with Crippen molar-refractivity contribution in [1.29, 1.82) is 0 Å². The molecule has 0 bridgehead atoms. The number of nitrogens with zero attached hydrogens (tertiary/aromatic N) is 3. The highest BCUT2D eigenvalue weighted by Gasteiger charge is 2.18. The number of carbonyl (C=O) groups is 2. The van der Waals surface area contributed by atoms with Gasteiger partial charge in [-0.3, -0.25) is 9.59 Å². The zero-order valence-corrected chi connectivity index (χ0v) is 9.64. The lowest BCUT2D eigenvalue weighted by Gasteiger charge is -2.26. The van der Waals surface area contributed by atoms with Crippen LogP contribution in [0.4, 0.5) is 5.82 Å². The Morgan fingerprint density at radius 2 is 2.00 bits per heavy atom. The number of rotatable bonds is 2. The molecule has 90 valence electrons. The van der Waals surface area contributed by atoms with Gasteiger partial charge in [-0.05, 0) is 12.1 Å². The largest absolute Gasteiger partial charge is 0.354 e. The summed E-state index contributed by atoms with van der Waals surface area (Å²) in [5, 5.41) is 10.3. The summed E-state index contributed by atoms with van der Waals surface area (Å²) in [4.78, 5) is 24.4. The second-order valence-corrected chi connectivity index (χ2v) is 3.88. The Bertz CT molecular complexity index is 420.